The molecule has 2 rings (SSSR count). The second-order valence-electron chi connectivity index (χ2n) is 4.93. The highest BCUT2D eigenvalue weighted by Crippen LogP contribution is 2.20. The number of morpholine rings is 1. The van der Waals surface area contributed by atoms with Crippen LogP contribution >= 0.6 is 11.6 Å². The molecule has 1 aliphatic rings. The first-order valence-corrected chi connectivity index (χ1v) is 6.70. The third kappa shape index (κ3) is 3.26. The lowest BCUT2D eigenvalue weighted by molar-refractivity contribution is -0.0858. The molecule has 19 heavy (non-hydrogen) atoms. The van der Waals surface area contributed by atoms with Gasteiger partial charge in [-0.1, -0.05) is 17.7 Å². The normalized spacial score (nSPS) is 23.5. The SMILES string of the molecule is Cc1ccc(C(=O)N2CC(C)OC(CO)C2)cc1Cl. The molecule has 2 unspecified atom stereocenters. The minimum atomic E-state index is -0.311. The van der Waals surface area contributed by atoms with E-state index < -0.39 is 0 Å². The van der Waals surface area contributed by atoms with Crippen molar-refractivity contribution in [2.45, 2.75) is 26.1 Å². The topological polar surface area (TPSA) is 49.8 Å². The Morgan fingerprint density at radius 1 is 1.53 bits per heavy atom. The maximum atomic E-state index is 12.4. The number of aliphatic hydroxyl groups excluding tert-OH is 1. The molecule has 5 heteroatoms. The third-order valence-electron chi connectivity index (χ3n) is 3.24. The number of aryl methyl sites for hydroxylation is 1. The van der Waals surface area contributed by atoms with Crippen LogP contribution in [0.5, 0.6) is 0 Å². The van der Waals surface area contributed by atoms with Crippen molar-refractivity contribution in [2.75, 3.05) is 19.7 Å². The summed E-state index contributed by atoms with van der Waals surface area (Å²) in [5, 5.41) is 9.76. The molecule has 1 heterocycles. The van der Waals surface area contributed by atoms with Gasteiger partial charge in [0.25, 0.3) is 5.91 Å². The second kappa shape index (κ2) is 5.90. The van der Waals surface area contributed by atoms with E-state index in [-0.39, 0.29) is 24.7 Å². The third-order valence-corrected chi connectivity index (χ3v) is 3.64. The number of ether oxygens (including phenoxy) is 1. The molecule has 0 aromatic heterocycles. The number of nitrogens with zero attached hydrogens (tertiary/aromatic N) is 1. The van der Waals surface area contributed by atoms with E-state index in [1.807, 2.05) is 19.9 Å². The van der Waals surface area contributed by atoms with Crippen LogP contribution in [0.4, 0.5) is 0 Å². The summed E-state index contributed by atoms with van der Waals surface area (Å²) in [6.45, 7) is 4.65. The van der Waals surface area contributed by atoms with Gasteiger partial charge in [-0.15, -0.1) is 0 Å². The quantitative estimate of drug-likeness (QED) is 0.901. The Balaban J connectivity index is 2.16. The molecule has 0 radical (unpaired) electrons. The molecule has 1 aromatic carbocycles. The van der Waals surface area contributed by atoms with Crippen LogP contribution in [0.3, 0.4) is 0 Å². The van der Waals surface area contributed by atoms with E-state index in [4.69, 9.17) is 16.3 Å². The summed E-state index contributed by atoms with van der Waals surface area (Å²) < 4.78 is 5.52. The largest absolute Gasteiger partial charge is 0.394 e. The molecule has 1 aromatic rings. The summed E-state index contributed by atoms with van der Waals surface area (Å²) in [5.41, 5.74) is 1.52. The van der Waals surface area contributed by atoms with Gasteiger partial charge in [-0.05, 0) is 31.5 Å². The van der Waals surface area contributed by atoms with Gasteiger partial charge in [0.1, 0.15) is 0 Å². The molecule has 1 amide bonds. The summed E-state index contributed by atoms with van der Waals surface area (Å²) >= 11 is 6.05. The van der Waals surface area contributed by atoms with Crippen molar-refractivity contribution in [2.24, 2.45) is 0 Å². The molecule has 1 saturated heterocycles. The molecule has 0 saturated carbocycles. The summed E-state index contributed by atoms with van der Waals surface area (Å²) in [5.74, 6) is -0.0736. The van der Waals surface area contributed by atoms with E-state index in [0.717, 1.165) is 5.56 Å². The zero-order valence-electron chi connectivity index (χ0n) is 11.1. The molecule has 0 aliphatic carbocycles. The minimum absolute atomic E-state index is 0.0734. The van der Waals surface area contributed by atoms with Crippen molar-refractivity contribution < 1.29 is 14.6 Å². The summed E-state index contributed by atoms with van der Waals surface area (Å²) in [6.07, 6.45) is -0.385. The lowest BCUT2D eigenvalue weighted by atomic mass is 10.1. The van der Waals surface area contributed by atoms with Crippen molar-refractivity contribution in [3.05, 3.63) is 34.3 Å². The molecule has 1 fully saturated rings. The van der Waals surface area contributed by atoms with Gasteiger partial charge in [0.05, 0.1) is 18.8 Å². The number of hydrogen-bond donors (Lipinski definition) is 1. The average molecular weight is 284 g/mol. The van der Waals surface area contributed by atoms with Gasteiger partial charge in [-0.25, -0.2) is 0 Å². The molecule has 104 valence electrons. The van der Waals surface area contributed by atoms with Crippen LogP contribution in [-0.2, 0) is 4.74 Å². The summed E-state index contributed by atoms with van der Waals surface area (Å²) in [6, 6.07) is 5.30. The standard InChI is InChI=1S/C14H18ClNO3/c1-9-3-4-11(5-13(9)15)14(18)16-6-10(2)19-12(7-16)8-17/h3-5,10,12,17H,6-8H2,1-2H3. The highest BCUT2D eigenvalue weighted by molar-refractivity contribution is 6.31. The van der Waals surface area contributed by atoms with Crippen LogP contribution in [-0.4, -0.2) is 47.8 Å². The number of hydrogen-bond acceptors (Lipinski definition) is 3. The molecule has 1 N–H and O–H groups in total. The van der Waals surface area contributed by atoms with Gasteiger partial charge in [-0.2, -0.15) is 0 Å². The fourth-order valence-electron chi connectivity index (χ4n) is 2.22. The zero-order valence-corrected chi connectivity index (χ0v) is 11.9. The number of halogens is 1. The first kappa shape index (κ1) is 14.3. The first-order valence-electron chi connectivity index (χ1n) is 6.33. The maximum Gasteiger partial charge on any atom is 0.254 e. The van der Waals surface area contributed by atoms with Gasteiger partial charge >= 0.3 is 0 Å². The molecule has 0 bridgehead atoms. The Bertz CT molecular complexity index is 478. The zero-order chi connectivity index (χ0) is 14.0. The van der Waals surface area contributed by atoms with Crippen molar-refractivity contribution in [1.82, 2.24) is 4.90 Å². The van der Waals surface area contributed by atoms with Crippen molar-refractivity contribution in [3.8, 4) is 0 Å². The lowest BCUT2D eigenvalue weighted by Gasteiger charge is -2.36. The Labute approximate surface area is 117 Å². The number of rotatable bonds is 2. The van der Waals surface area contributed by atoms with Gasteiger partial charge in [0, 0.05) is 23.7 Å². The molecular weight excluding hydrogens is 266 g/mol. The van der Waals surface area contributed by atoms with Crippen LogP contribution < -0.4 is 0 Å². The van der Waals surface area contributed by atoms with E-state index in [9.17, 15) is 9.90 Å². The lowest BCUT2D eigenvalue weighted by Crippen LogP contribution is -2.50. The number of amides is 1. The number of aliphatic hydroxyl groups is 1. The molecule has 4 nitrogen and oxygen atoms in total. The van der Waals surface area contributed by atoms with E-state index >= 15 is 0 Å². The van der Waals surface area contributed by atoms with Crippen molar-refractivity contribution in [3.63, 3.8) is 0 Å². The monoisotopic (exact) mass is 283 g/mol. The van der Waals surface area contributed by atoms with Crippen LogP contribution in [0.2, 0.25) is 5.02 Å². The molecule has 0 spiro atoms. The van der Waals surface area contributed by atoms with Gasteiger partial charge < -0.3 is 14.7 Å². The molecular formula is C14H18ClNO3. The smallest absolute Gasteiger partial charge is 0.254 e. The fraction of sp³-hybridized carbons (Fsp3) is 0.500. The van der Waals surface area contributed by atoms with E-state index in [1.54, 1.807) is 17.0 Å². The van der Waals surface area contributed by atoms with E-state index in [2.05, 4.69) is 0 Å². The highest BCUT2D eigenvalue weighted by Gasteiger charge is 2.28. The average Bonchev–Trinajstić information content (AvgIpc) is 2.40. The predicted octanol–water partition coefficient (Wildman–Crippen LogP) is 1.87. The molecule has 2 atom stereocenters. The number of benzene rings is 1. The van der Waals surface area contributed by atoms with Crippen LogP contribution in [0.25, 0.3) is 0 Å². The van der Waals surface area contributed by atoms with E-state index in [1.165, 1.54) is 0 Å². The predicted molar refractivity (Wildman–Crippen MR) is 73.5 cm³/mol. The van der Waals surface area contributed by atoms with Crippen LogP contribution in [0.1, 0.15) is 22.8 Å². The number of carbonyl (C=O) groups is 1. The van der Waals surface area contributed by atoms with Crippen molar-refractivity contribution in [1.29, 1.82) is 0 Å². The van der Waals surface area contributed by atoms with Gasteiger partial charge in [-0.3, -0.25) is 4.79 Å². The number of carbonyl (C=O) groups excluding carboxylic acids is 1. The van der Waals surface area contributed by atoms with Crippen molar-refractivity contribution >= 4 is 17.5 Å². The van der Waals surface area contributed by atoms with Crippen LogP contribution in [0.15, 0.2) is 18.2 Å². The fourth-order valence-corrected chi connectivity index (χ4v) is 2.40. The molecule has 1 aliphatic heterocycles. The van der Waals surface area contributed by atoms with Gasteiger partial charge in [0.2, 0.25) is 0 Å². The minimum Gasteiger partial charge on any atom is -0.394 e. The first-order chi connectivity index (χ1) is 9.01. The van der Waals surface area contributed by atoms with Crippen LogP contribution in [0, 0.1) is 6.92 Å². The Morgan fingerprint density at radius 3 is 2.89 bits per heavy atom. The second-order valence-corrected chi connectivity index (χ2v) is 5.33. The maximum absolute atomic E-state index is 12.4. The van der Waals surface area contributed by atoms with Gasteiger partial charge in [0.15, 0.2) is 0 Å². The summed E-state index contributed by atoms with van der Waals surface area (Å²) in [4.78, 5) is 14.1. The Morgan fingerprint density at radius 2 is 2.26 bits per heavy atom. The Kier molecular flexibility index (Phi) is 4.45. The Hall–Kier alpha value is -1.10. The van der Waals surface area contributed by atoms with E-state index in [0.29, 0.717) is 23.7 Å². The summed E-state index contributed by atoms with van der Waals surface area (Å²) in [7, 11) is 0. The highest BCUT2D eigenvalue weighted by atomic mass is 35.5.